The second-order valence-electron chi connectivity index (χ2n) is 3.71. The van der Waals surface area contributed by atoms with Gasteiger partial charge in [-0.1, -0.05) is 17.7 Å². The summed E-state index contributed by atoms with van der Waals surface area (Å²) in [6, 6.07) is 5.11. The van der Waals surface area contributed by atoms with Crippen LogP contribution in [0.5, 0.6) is 0 Å². The molecular weight excluding hydrogens is 291 g/mol. The summed E-state index contributed by atoms with van der Waals surface area (Å²) in [5.74, 6) is -3.16. The Labute approximate surface area is 108 Å². The molecule has 3 nitrogen and oxygen atoms in total. The Morgan fingerprint density at radius 3 is 2.39 bits per heavy atom. The van der Waals surface area contributed by atoms with Crippen LogP contribution in [-0.2, 0) is 9.84 Å². The van der Waals surface area contributed by atoms with Crippen molar-refractivity contribution in [1.82, 2.24) is 0 Å². The molecule has 0 radical (unpaired) electrons. The van der Waals surface area contributed by atoms with Crippen molar-refractivity contribution in [3.63, 3.8) is 0 Å². The summed E-state index contributed by atoms with van der Waals surface area (Å²) >= 11 is 5.60. The summed E-state index contributed by atoms with van der Waals surface area (Å²) in [6.07, 6.45) is -4.64. The summed E-state index contributed by atoms with van der Waals surface area (Å²) < 4.78 is 61.0. The van der Waals surface area contributed by atoms with Gasteiger partial charge in [0.1, 0.15) is 0 Å². The summed E-state index contributed by atoms with van der Waals surface area (Å²) in [5.41, 5.74) is 4.96. The molecule has 1 aromatic rings. The van der Waals surface area contributed by atoms with Crippen molar-refractivity contribution in [2.75, 3.05) is 12.3 Å². The second kappa shape index (κ2) is 5.46. The summed E-state index contributed by atoms with van der Waals surface area (Å²) in [4.78, 5) is -0.238. The quantitative estimate of drug-likeness (QED) is 0.928. The molecule has 0 spiro atoms. The summed E-state index contributed by atoms with van der Waals surface area (Å²) in [5, 5.41) is 0.146. The third-order valence-corrected chi connectivity index (χ3v) is 4.37. The maximum Gasteiger partial charge on any atom is 0.394 e. The molecule has 2 N–H and O–H groups in total. The lowest BCUT2D eigenvalue weighted by molar-refractivity contribution is -0.165. The van der Waals surface area contributed by atoms with Gasteiger partial charge in [0, 0.05) is 11.6 Å². The van der Waals surface area contributed by atoms with Crippen LogP contribution in [0.4, 0.5) is 13.2 Å². The van der Waals surface area contributed by atoms with Crippen molar-refractivity contribution in [2.24, 2.45) is 11.7 Å². The number of alkyl halides is 3. The molecule has 1 atom stereocenters. The minimum atomic E-state index is -4.64. The molecule has 1 aromatic carbocycles. The standard InChI is InChI=1S/C10H11ClF3NO2S/c11-8-2-1-3-9(4-8)18(16,17)6-7(5-15)10(12,13)14/h1-4,7H,5-6,15H2. The van der Waals surface area contributed by atoms with E-state index in [4.69, 9.17) is 17.3 Å². The van der Waals surface area contributed by atoms with Gasteiger partial charge in [0.15, 0.2) is 9.84 Å². The third-order valence-electron chi connectivity index (χ3n) is 2.32. The van der Waals surface area contributed by atoms with Gasteiger partial charge in [-0.2, -0.15) is 13.2 Å². The molecule has 0 fully saturated rings. The first-order valence-corrected chi connectivity index (χ1v) is 6.95. The first-order chi connectivity index (χ1) is 8.16. The maximum atomic E-state index is 12.5. The number of hydrogen-bond donors (Lipinski definition) is 1. The van der Waals surface area contributed by atoms with Gasteiger partial charge >= 0.3 is 6.18 Å². The molecule has 0 saturated carbocycles. The minimum Gasteiger partial charge on any atom is -0.330 e. The number of benzene rings is 1. The Hall–Kier alpha value is -0.790. The molecule has 0 aliphatic carbocycles. The van der Waals surface area contributed by atoms with E-state index in [1.54, 1.807) is 0 Å². The van der Waals surface area contributed by atoms with Crippen LogP contribution in [0.25, 0.3) is 0 Å². The van der Waals surface area contributed by atoms with Crippen LogP contribution in [0.2, 0.25) is 5.02 Å². The Morgan fingerprint density at radius 1 is 1.33 bits per heavy atom. The highest BCUT2D eigenvalue weighted by atomic mass is 35.5. The van der Waals surface area contributed by atoms with Gasteiger partial charge in [-0.15, -0.1) is 0 Å². The van der Waals surface area contributed by atoms with Gasteiger partial charge in [-0.3, -0.25) is 0 Å². The number of hydrogen-bond acceptors (Lipinski definition) is 3. The average molecular weight is 302 g/mol. The Balaban J connectivity index is 3.02. The largest absolute Gasteiger partial charge is 0.394 e. The van der Waals surface area contributed by atoms with Crippen LogP contribution in [0.1, 0.15) is 0 Å². The smallest absolute Gasteiger partial charge is 0.330 e. The fraction of sp³-hybridized carbons (Fsp3) is 0.400. The van der Waals surface area contributed by atoms with E-state index in [9.17, 15) is 21.6 Å². The lowest BCUT2D eigenvalue weighted by Crippen LogP contribution is -2.36. The van der Waals surface area contributed by atoms with Crippen molar-refractivity contribution in [1.29, 1.82) is 0 Å². The monoisotopic (exact) mass is 301 g/mol. The zero-order chi connectivity index (χ0) is 14.0. The molecule has 0 aromatic heterocycles. The van der Waals surface area contributed by atoms with Crippen LogP contribution in [0, 0.1) is 5.92 Å². The molecule has 8 heteroatoms. The van der Waals surface area contributed by atoms with Gasteiger partial charge in [-0.25, -0.2) is 8.42 Å². The van der Waals surface area contributed by atoms with Crippen LogP contribution in [0.3, 0.4) is 0 Å². The summed E-state index contributed by atoms with van der Waals surface area (Å²) in [6.45, 7) is -0.775. The number of halogens is 4. The normalized spacial score (nSPS) is 14.5. The molecule has 0 aliphatic heterocycles. The zero-order valence-electron chi connectivity index (χ0n) is 9.11. The first kappa shape index (κ1) is 15.3. The van der Waals surface area contributed by atoms with Gasteiger partial charge in [-0.05, 0) is 18.2 Å². The molecule has 1 unspecified atom stereocenters. The lowest BCUT2D eigenvalue weighted by Gasteiger charge is -2.18. The molecule has 18 heavy (non-hydrogen) atoms. The predicted octanol–water partition coefficient (Wildman–Crippen LogP) is 2.25. The Bertz CT molecular complexity index is 516. The fourth-order valence-electron chi connectivity index (χ4n) is 1.32. The molecule has 0 heterocycles. The van der Waals surface area contributed by atoms with Gasteiger partial charge in [0.25, 0.3) is 0 Å². The van der Waals surface area contributed by atoms with Crippen LogP contribution in [-0.4, -0.2) is 26.9 Å². The summed E-state index contributed by atoms with van der Waals surface area (Å²) in [7, 11) is -4.06. The SMILES string of the molecule is NCC(CS(=O)(=O)c1cccc(Cl)c1)C(F)(F)F. The van der Waals surface area contributed by atoms with Gasteiger partial charge < -0.3 is 5.73 Å². The Morgan fingerprint density at radius 2 is 1.94 bits per heavy atom. The molecule has 0 saturated heterocycles. The molecule has 0 amide bonds. The van der Waals surface area contributed by atoms with E-state index >= 15 is 0 Å². The molecule has 1 rings (SSSR count). The molecule has 0 bridgehead atoms. The van der Waals surface area contributed by atoms with Gasteiger partial charge in [0.05, 0.1) is 16.6 Å². The number of rotatable bonds is 4. The second-order valence-corrected chi connectivity index (χ2v) is 6.18. The number of nitrogens with two attached hydrogens (primary N) is 1. The molecular formula is C10H11ClF3NO2S. The Kier molecular flexibility index (Phi) is 4.63. The van der Waals surface area contributed by atoms with Crippen LogP contribution >= 0.6 is 11.6 Å². The van der Waals surface area contributed by atoms with Crippen molar-refractivity contribution in [2.45, 2.75) is 11.1 Å². The fourth-order valence-corrected chi connectivity index (χ4v) is 3.21. The van der Waals surface area contributed by atoms with E-state index in [1.165, 1.54) is 18.2 Å². The van der Waals surface area contributed by atoms with E-state index in [2.05, 4.69) is 0 Å². The highest BCUT2D eigenvalue weighted by molar-refractivity contribution is 7.91. The van der Waals surface area contributed by atoms with E-state index < -0.39 is 34.2 Å². The number of sulfone groups is 1. The van der Waals surface area contributed by atoms with Crippen LogP contribution < -0.4 is 5.73 Å². The van der Waals surface area contributed by atoms with E-state index in [0.29, 0.717) is 0 Å². The van der Waals surface area contributed by atoms with Crippen molar-refractivity contribution >= 4 is 21.4 Å². The minimum absolute atomic E-state index is 0.146. The average Bonchev–Trinajstić information content (AvgIpc) is 2.24. The highest BCUT2D eigenvalue weighted by Crippen LogP contribution is 2.28. The first-order valence-electron chi connectivity index (χ1n) is 4.92. The van der Waals surface area contributed by atoms with Crippen molar-refractivity contribution in [3.8, 4) is 0 Å². The highest BCUT2D eigenvalue weighted by Gasteiger charge is 2.41. The maximum absolute atomic E-state index is 12.5. The zero-order valence-corrected chi connectivity index (χ0v) is 10.7. The lowest BCUT2D eigenvalue weighted by atomic mass is 10.2. The van der Waals surface area contributed by atoms with E-state index in [0.717, 1.165) is 6.07 Å². The molecule has 102 valence electrons. The van der Waals surface area contributed by atoms with Crippen LogP contribution in [0.15, 0.2) is 29.2 Å². The molecule has 0 aliphatic rings. The van der Waals surface area contributed by atoms with Crippen molar-refractivity contribution in [3.05, 3.63) is 29.3 Å². The van der Waals surface area contributed by atoms with Crippen molar-refractivity contribution < 1.29 is 21.6 Å². The topological polar surface area (TPSA) is 60.2 Å². The van der Waals surface area contributed by atoms with E-state index in [1.807, 2.05) is 0 Å². The van der Waals surface area contributed by atoms with Gasteiger partial charge in [0.2, 0.25) is 0 Å². The predicted molar refractivity (Wildman–Crippen MR) is 62.1 cm³/mol. The van der Waals surface area contributed by atoms with E-state index in [-0.39, 0.29) is 9.92 Å². The third kappa shape index (κ3) is 3.86.